The van der Waals surface area contributed by atoms with Crippen molar-refractivity contribution in [1.82, 2.24) is 10.2 Å². The summed E-state index contributed by atoms with van der Waals surface area (Å²) >= 11 is 3.39. The third-order valence-corrected chi connectivity index (χ3v) is 4.85. The van der Waals surface area contributed by atoms with Gasteiger partial charge in [0.2, 0.25) is 0 Å². The summed E-state index contributed by atoms with van der Waals surface area (Å²) in [4.78, 5) is 36.9. The summed E-state index contributed by atoms with van der Waals surface area (Å²) in [5, 5.41) is 11.4. The number of carboxylic acid groups (broad SMARTS) is 1. The molecule has 0 aliphatic carbocycles. The second-order valence-electron chi connectivity index (χ2n) is 6.30. The number of nitrogens with one attached hydrogen (secondary N) is 1. The van der Waals surface area contributed by atoms with Gasteiger partial charge in [-0.3, -0.25) is 9.69 Å². The van der Waals surface area contributed by atoms with E-state index in [2.05, 4.69) is 21.2 Å². The second kappa shape index (κ2) is 9.45. The Kier molecular flexibility index (Phi) is 6.73. The van der Waals surface area contributed by atoms with Gasteiger partial charge in [-0.15, -0.1) is 0 Å². The highest BCUT2D eigenvalue weighted by atomic mass is 79.9. The molecular weight excluding hydrogens is 456 g/mol. The van der Waals surface area contributed by atoms with E-state index in [9.17, 15) is 14.4 Å². The van der Waals surface area contributed by atoms with Gasteiger partial charge in [0, 0.05) is 4.47 Å². The average molecular weight is 475 g/mol. The van der Waals surface area contributed by atoms with Gasteiger partial charge < -0.3 is 19.9 Å². The third kappa shape index (κ3) is 4.98. The Morgan fingerprint density at radius 3 is 2.53 bits per heavy atom. The number of carboxylic acids is 1. The van der Waals surface area contributed by atoms with Crippen molar-refractivity contribution in [3.63, 3.8) is 0 Å². The summed E-state index contributed by atoms with van der Waals surface area (Å²) in [7, 11) is 0. The van der Waals surface area contributed by atoms with E-state index in [-0.39, 0.29) is 18.0 Å². The van der Waals surface area contributed by atoms with E-state index in [1.54, 1.807) is 19.1 Å². The molecule has 2 aromatic carbocycles. The third-order valence-electron chi connectivity index (χ3n) is 4.16. The zero-order valence-electron chi connectivity index (χ0n) is 16.1. The van der Waals surface area contributed by atoms with Crippen LogP contribution in [-0.4, -0.2) is 41.1 Å². The molecule has 8 nitrogen and oxygen atoms in total. The van der Waals surface area contributed by atoms with Crippen molar-refractivity contribution < 1.29 is 29.0 Å². The normalized spacial score (nSPS) is 14.7. The Hall–Kier alpha value is -3.33. The van der Waals surface area contributed by atoms with Crippen molar-refractivity contribution in [1.29, 1.82) is 0 Å². The molecule has 1 aliphatic heterocycles. The van der Waals surface area contributed by atoms with E-state index >= 15 is 0 Å². The fourth-order valence-corrected chi connectivity index (χ4v) is 3.26. The summed E-state index contributed by atoms with van der Waals surface area (Å²) in [5.74, 6) is -0.982. The standard InChI is InChI=1S/C21H19BrN2O6/c1-2-29-17-9-14(15(22)10-18(17)30-12-19(25)26)8-16-20(27)24(21(28)23-16)11-13-6-4-3-5-7-13/h3-10H,2,11-12H2,1H3,(H,23,28)(H,25,26)/b16-8+. The maximum atomic E-state index is 12.7. The summed E-state index contributed by atoms with van der Waals surface area (Å²) in [6, 6.07) is 11.9. The molecule has 1 saturated heterocycles. The van der Waals surface area contributed by atoms with Crippen LogP contribution in [0.3, 0.4) is 0 Å². The van der Waals surface area contributed by atoms with Crippen LogP contribution >= 0.6 is 15.9 Å². The van der Waals surface area contributed by atoms with Crippen LogP contribution in [0, 0.1) is 0 Å². The van der Waals surface area contributed by atoms with Gasteiger partial charge in [-0.25, -0.2) is 9.59 Å². The predicted molar refractivity (Wildman–Crippen MR) is 112 cm³/mol. The highest BCUT2D eigenvalue weighted by Gasteiger charge is 2.33. The van der Waals surface area contributed by atoms with Crippen LogP contribution in [0.1, 0.15) is 18.1 Å². The highest BCUT2D eigenvalue weighted by molar-refractivity contribution is 9.10. The number of imide groups is 1. The molecule has 30 heavy (non-hydrogen) atoms. The Bertz CT molecular complexity index is 1010. The first-order chi connectivity index (χ1) is 14.4. The van der Waals surface area contributed by atoms with Crippen molar-refractivity contribution >= 4 is 39.9 Å². The van der Waals surface area contributed by atoms with Crippen molar-refractivity contribution in [3.8, 4) is 11.5 Å². The number of nitrogens with zero attached hydrogens (tertiary/aromatic N) is 1. The monoisotopic (exact) mass is 474 g/mol. The van der Waals surface area contributed by atoms with Crippen LogP contribution in [0.4, 0.5) is 4.79 Å². The lowest BCUT2D eigenvalue weighted by Crippen LogP contribution is -2.30. The van der Waals surface area contributed by atoms with Gasteiger partial charge in [0.05, 0.1) is 13.2 Å². The Morgan fingerprint density at radius 2 is 1.87 bits per heavy atom. The number of aliphatic carboxylic acids is 1. The fourth-order valence-electron chi connectivity index (χ4n) is 2.82. The number of benzene rings is 2. The van der Waals surface area contributed by atoms with Gasteiger partial charge in [-0.2, -0.15) is 0 Å². The molecule has 0 saturated carbocycles. The Labute approximate surface area is 181 Å². The van der Waals surface area contributed by atoms with Crippen LogP contribution in [-0.2, 0) is 16.1 Å². The molecule has 0 unspecified atom stereocenters. The minimum atomic E-state index is -1.11. The van der Waals surface area contributed by atoms with E-state index in [0.717, 1.165) is 10.5 Å². The van der Waals surface area contributed by atoms with Gasteiger partial charge >= 0.3 is 12.0 Å². The molecule has 1 heterocycles. The van der Waals surface area contributed by atoms with E-state index in [4.69, 9.17) is 14.6 Å². The molecular formula is C21H19BrN2O6. The molecule has 9 heteroatoms. The lowest BCUT2D eigenvalue weighted by atomic mass is 10.1. The first-order valence-corrected chi connectivity index (χ1v) is 9.87. The smallest absolute Gasteiger partial charge is 0.341 e. The largest absolute Gasteiger partial charge is 0.490 e. The number of carbonyl (C=O) groups is 3. The van der Waals surface area contributed by atoms with Crippen LogP contribution < -0.4 is 14.8 Å². The molecule has 3 amide bonds. The van der Waals surface area contributed by atoms with Crippen molar-refractivity contribution in [2.75, 3.05) is 13.2 Å². The maximum absolute atomic E-state index is 12.7. The summed E-state index contributed by atoms with van der Waals surface area (Å²) in [6.07, 6.45) is 1.53. The number of halogens is 1. The highest BCUT2D eigenvalue weighted by Crippen LogP contribution is 2.35. The lowest BCUT2D eigenvalue weighted by Gasteiger charge is -2.13. The van der Waals surface area contributed by atoms with Gasteiger partial charge in [0.15, 0.2) is 18.1 Å². The molecule has 2 N–H and O–H groups in total. The zero-order chi connectivity index (χ0) is 21.7. The van der Waals surface area contributed by atoms with Gasteiger partial charge in [-0.05, 0) is 36.3 Å². The van der Waals surface area contributed by atoms with Gasteiger partial charge in [-0.1, -0.05) is 46.3 Å². The Balaban J connectivity index is 1.86. The van der Waals surface area contributed by atoms with Crippen molar-refractivity contribution in [3.05, 3.63) is 63.8 Å². The molecule has 0 atom stereocenters. The molecule has 0 bridgehead atoms. The summed E-state index contributed by atoms with van der Waals surface area (Å²) < 4.78 is 11.3. The van der Waals surface area contributed by atoms with E-state index in [1.165, 1.54) is 6.08 Å². The molecule has 0 aromatic heterocycles. The second-order valence-corrected chi connectivity index (χ2v) is 7.16. The van der Waals surface area contributed by atoms with Crippen LogP contribution in [0.5, 0.6) is 11.5 Å². The fraction of sp³-hybridized carbons (Fsp3) is 0.190. The van der Waals surface area contributed by atoms with Crippen molar-refractivity contribution in [2.24, 2.45) is 0 Å². The van der Waals surface area contributed by atoms with Crippen LogP contribution in [0.15, 0.2) is 52.6 Å². The van der Waals surface area contributed by atoms with Gasteiger partial charge in [0.1, 0.15) is 5.70 Å². The van der Waals surface area contributed by atoms with E-state index in [1.807, 2.05) is 30.3 Å². The molecule has 2 aromatic rings. The first-order valence-electron chi connectivity index (χ1n) is 9.08. The lowest BCUT2D eigenvalue weighted by molar-refractivity contribution is -0.139. The maximum Gasteiger partial charge on any atom is 0.341 e. The molecule has 3 rings (SSSR count). The number of ether oxygens (including phenoxy) is 2. The number of carbonyl (C=O) groups excluding carboxylic acids is 2. The van der Waals surface area contributed by atoms with Crippen LogP contribution in [0.25, 0.3) is 6.08 Å². The summed E-state index contributed by atoms with van der Waals surface area (Å²) in [5.41, 5.74) is 1.52. The topological polar surface area (TPSA) is 105 Å². The van der Waals surface area contributed by atoms with Gasteiger partial charge in [0.25, 0.3) is 5.91 Å². The Morgan fingerprint density at radius 1 is 1.17 bits per heavy atom. The minimum Gasteiger partial charge on any atom is -0.490 e. The van der Waals surface area contributed by atoms with Crippen molar-refractivity contribution in [2.45, 2.75) is 13.5 Å². The minimum absolute atomic E-state index is 0.123. The van der Waals surface area contributed by atoms with E-state index < -0.39 is 24.5 Å². The zero-order valence-corrected chi connectivity index (χ0v) is 17.6. The molecule has 156 valence electrons. The molecule has 0 spiro atoms. The number of urea groups is 1. The van der Waals surface area contributed by atoms with E-state index in [0.29, 0.717) is 22.4 Å². The first kappa shape index (κ1) is 21.4. The quantitative estimate of drug-likeness (QED) is 0.448. The number of rotatable bonds is 8. The predicted octanol–water partition coefficient (Wildman–Crippen LogP) is 3.40. The SMILES string of the molecule is CCOc1cc(/C=C2/NC(=O)N(Cc3ccccc3)C2=O)c(Br)cc1OCC(=O)O. The molecule has 1 fully saturated rings. The number of hydrogen-bond acceptors (Lipinski definition) is 5. The number of amides is 3. The average Bonchev–Trinajstić information content (AvgIpc) is 2.97. The summed E-state index contributed by atoms with van der Waals surface area (Å²) in [6.45, 7) is 1.76. The molecule has 1 aliphatic rings. The number of hydrogen-bond donors (Lipinski definition) is 2. The molecule has 0 radical (unpaired) electrons. The van der Waals surface area contributed by atoms with Crippen LogP contribution in [0.2, 0.25) is 0 Å².